The maximum atomic E-state index is 13.8. The molecule has 0 saturated heterocycles. The van der Waals surface area contributed by atoms with Crippen LogP contribution in [0.4, 0.5) is 5.69 Å². The lowest BCUT2D eigenvalue weighted by atomic mass is 9.71. The van der Waals surface area contributed by atoms with Crippen molar-refractivity contribution in [1.29, 1.82) is 0 Å². The number of methoxy groups -OCH3 is 1. The van der Waals surface area contributed by atoms with Gasteiger partial charge in [0.2, 0.25) is 0 Å². The number of carbonyl (C=O) groups excluding carboxylic acids is 2. The second-order valence-corrected chi connectivity index (χ2v) is 9.49. The third kappa shape index (κ3) is 5.05. The summed E-state index contributed by atoms with van der Waals surface area (Å²) in [5.41, 5.74) is 5.33. The van der Waals surface area contributed by atoms with Crippen LogP contribution in [-0.4, -0.2) is 30.4 Å². The number of ether oxygens (including phenoxy) is 2. The molecule has 1 aliphatic carbocycles. The van der Waals surface area contributed by atoms with Crippen LogP contribution in [0, 0.1) is 0 Å². The molecule has 1 aromatic heterocycles. The normalized spacial score (nSPS) is 19.0. The molecule has 2 heterocycles. The van der Waals surface area contributed by atoms with Gasteiger partial charge in [0.25, 0.3) is 5.91 Å². The van der Waals surface area contributed by atoms with Crippen LogP contribution >= 0.6 is 0 Å². The van der Waals surface area contributed by atoms with E-state index in [1.54, 1.807) is 31.6 Å². The second kappa shape index (κ2) is 10.9. The van der Waals surface area contributed by atoms with Gasteiger partial charge in [-0.2, -0.15) is 0 Å². The number of hydrogen-bond donors (Lipinski definition) is 2. The van der Waals surface area contributed by atoms with Crippen LogP contribution in [0.1, 0.15) is 49.7 Å². The summed E-state index contributed by atoms with van der Waals surface area (Å²) in [7, 11) is 1.64. The van der Waals surface area contributed by atoms with Crippen LogP contribution in [0.25, 0.3) is 0 Å². The van der Waals surface area contributed by atoms with Gasteiger partial charge < -0.3 is 20.1 Å². The van der Waals surface area contributed by atoms with Gasteiger partial charge in [-0.1, -0.05) is 24.3 Å². The molecule has 194 valence electrons. The van der Waals surface area contributed by atoms with Gasteiger partial charge in [0, 0.05) is 41.1 Å². The summed E-state index contributed by atoms with van der Waals surface area (Å²) in [6.45, 7) is 4.39. The van der Waals surface area contributed by atoms with Gasteiger partial charge in [-0.15, -0.1) is 0 Å². The summed E-state index contributed by atoms with van der Waals surface area (Å²) in [5.74, 6) is 0.847. The molecular weight excluding hydrogens is 478 g/mol. The van der Waals surface area contributed by atoms with Crippen LogP contribution in [0.2, 0.25) is 0 Å². The van der Waals surface area contributed by atoms with E-state index in [1.807, 2.05) is 62.4 Å². The monoisotopic (exact) mass is 509 g/mol. The highest BCUT2D eigenvalue weighted by atomic mass is 16.5. The summed E-state index contributed by atoms with van der Waals surface area (Å²) in [4.78, 5) is 31.6. The largest absolute Gasteiger partial charge is 0.497 e. The Hall–Kier alpha value is -4.39. The highest BCUT2D eigenvalue weighted by Crippen LogP contribution is 2.46. The van der Waals surface area contributed by atoms with E-state index < -0.39 is 5.92 Å². The zero-order chi connectivity index (χ0) is 26.6. The van der Waals surface area contributed by atoms with Gasteiger partial charge in [-0.25, -0.2) is 0 Å². The molecule has 2 aromatic carbocycles. The molecular formula is C31H31N3O4. The number of Topliss-reactive ketones (excluding diaryl/α,β-unsaturated/α-hetero) is 1. The Kier molecular flexibility index (Phi) is 7.26. The molecule has 1 amide bonds. The first-order valence-corrected chi connectivity index (χ1v) is 12.8. The zero-order valence-corrected chi connectivity index (χ0v) is 21.8. The Labute approximate surface area is 222 Å². The molecule has 5 rings (SSSR count). The van der Waals surface area contributed by atoms with Gasteiger partial charge in [-0.3, -0.25) is 14.6 Å². The van der Waals surface area contributed by atoms with Crippen molar-refractivity contribution in [3.05, 3.63) is 107 Å². The first-order valence-electron chi connectivity index (χ1n) is 12.8. The number of carbonyl (C=O) groups is 2. The molecule has 3 aromatic rings. The number of anilines is 1. The lowest BCUT2D eigenvalue weighted by Crippen LogP contribution is -2.37. The Balaban J connectivity index is 1.53. The smallest absolute Gasteiger partial charge is 0.254 e. The zero-order valence-electron chi connectivity index (χ0n) is 21.8. The molecule has 7 heteroatoms. The minimum absolute atomic E-state index is 0.0395. The van der Waals surface area contributed by atoms with Crippen LogP contribution < -0.4 is 20.1 Å². The molecule has 1 aliphatic heterocycles. The van der Waals surface area contributed by atoms with E-state index in [0.29, 0.717) is 36.3 Å². The summed E-state index contributed by atoms with van der Waals surface area (Å²) in [6.07, 6.45) is 4.31. The van der Waals surface area contributed by atoms with E-state index >= 15 is 0 Å². The van der Waals surface area contributed by atoms with E-state index in [1.165, 1.54) is 0 Å². The summed E-state index contributed by atoms with van der Waals surface area (Å²) < 4.78 is 10.9. The Morgan fingerprint density at radius 3 is 2.39 bits per heavy atom. The number of benzene rings is 2. The molecule has 0 spiro atoms. The standard InChI is InChI=1S/C31H31N3O4/c1-4-38-25-13-9-21(10-14-25)29-28(31(36)34-23-6-5-15-32-18-23)19(2)33-26-16-22(17-27(35)30(26)29)20-7-11-24(37-3)12-8-20/h5-15,18,22,29,33H,4,16-17H2,1-3H3,(H,34,36). The Morgan fingerprint density at radius 1 is 1.03 bits per heavy atom. The molecule has 0 saturated carbocycles. The minimum Gasteiger partial charge on any atom is -0.497 e. The summed E-state index contributed by atoms with van der Waals surface area (Å²) >= 11 is 0. The minimum atomic E-state index is -0.497. The van der Waals surface area contributed by atoms with Crippen molar-refractivity contribution in [2.45, 2.75) is 38.5 Å². The number of aromatic nitrogens is 1. The quantitative estimate of drug-likeness (QED) is 0.438. The second-order valence-electron chi connectivity index (χ2n) is 9.49. The van der Waals surface area contributed by atoms with E-state index in [-0.39, 0.29) is 17.6 Å². The van der Waals surface area contributed by atoms with Crippen molar-refractivity contribution >= 4 is 17.4 Å². The summed E-state index contributed by atoms with van der Waals surface area (Å²) in [5, 5.41) is 6.39. The predicted octanol–water partition coefficient (Wildman–Crippen LogP) is 5.49. The average molecular weight is 510 g/mol. The molecule has 0 bridgehead atoms. The molecule has 2 N–H and O–H groups in total. The van der Waals surface area contributed by atoms with E-state index in [0.717, 1.165) is 34.0 Å². The summed E-state index contributed by atoms with van der Waals surface area (Å²) in [6, 6.07) is 19.1. The van der Waals surface area contributed by atoms with Crippen LogP contribution in [-0.2, 0) is 9.59 Å². The van der Waals surface area contributed by atoms with Crippen LogP contribution in [0.15, 0.2) is 95.6 Å². The fraction of sp³-hybridized carbons (Fsp3) is 0.258. The fourth-order valence-electron chi connectivity index (χ4n) is 5.34. The lowest BCUT2D eigenvalue weighted by Gasteiger charge is -2.37. The number of dihydropyridines is 1. The third-order valence-corrected chi connectivity index (χ3v) is 7.10. The van der Waals surface area contributed by atoms with E-state index in [2.05, 4.69) is 15.6 Å². The molecule has 2 unspecified atom stereocenters. The molecule has 0 radical (unpaired) electrons. The molecule has 2 atom stereocenters. The molecule has 38 heavy (non-hydrogen) atoms. The van der Waals surface area contributed by atoms with Crippen molar-refractivity contribution in [3.63, 3.8) is 0 Å². The number of nitrogens with one attached hydrogen (secondary N) is 2. The number of hydrogen-bond acceptors (Lipinski definition) is 6. The number of allylic oxidation sites excluding steroid dienone is 3. The first-order chi connectivity index (χ1) is 18.5. The SMILES string of the molecule is CCOc1ccc(C2C(C(=O)Nc3cccnc3)=C(C)NC3=C2C(=O)CC(c2ccc(OC)cc2)C3)cc1. The van der Waals surface area contributed by atoms with Crippen molar-refractivity contribution < 1.29 is 19.1 Å². The molecule has 7 nitrogen and oxygen atoms in total. The highest BCUT2D eigenvalue weighted by Gasteiger charge is 2.41. The topological polar surface area (TPSA) is 89.5 Å². The first kappa shape index (κ1) is 25.3. The predicted molar refractivity (Wildman–Crippen MR) is 146 cm³/mol. The van der Waals surface area contributed by atoms with E-state index in [9.17, 15) is 9.59 Å². The highest BCUT2D eigenvalue weighted by molar-refractivity contribution is 6.09. The van der Waals surface area contributed by atoms with Crippen LogP contribution in [0.5, 0.6) is 11.5 Å². The Morgan fingerprint density at radius 2 is 1.74 bits per heavy atom. The number of pyridine rings is 1. The number of ketones is 1. The Bertz CT molecular complexity index is 1390. The lowest BCUT2D eigenvalue weighted by molar-refractivity contribution is -0.116. The van der Waals surface area contributed by atoms with Gasteiger partial charge in [0.05, 0.1) is 25.6 Å². The fourth-order valence-corrected chi connectivity index (χ4v) is 5.34. The average Bonchev–Trinajstić information content (AvgIpc) is 2.93. The van der Waals surface area contributed by atoms with Crippen molar-refractivity contribution in [1.82, 2.24) is 10.3 Å². The number of rotatable bonds is 7. The van der Waals surface area contributed by atoms with Gasteiger partial charge >= 0.3 is 0 Å². The van der Waals surface area contributed by atoms with Gasteiger partial charge in [0.1, 0.15) is 11.5 Å². The molecule has 0 fully saturated rings. The van der Waals surface area contributed by atoms with Crippen molar-refractivity contribution in [2.75, 3.05) is 19.0 Å². The van der Waals surface area contributed by atoms with Crippen LogP contribution in [0.3, 0.4) is 0 Å². The molecule has 2 aliphatic rings. The number of amides is 1. The maximum absolute atomic E-state index is 13.8. The van der Waals surface area contributed by atoms with Gasteiger partial charge in [0.15, 0.2) is 5.78 Å². The van der Waals surface area contributed by atoms with Gasteiger partial charge in [-0.05, 0) is 73.7 Å². The third-order valence-electron chi connectivity index (χ3n) is 7.10. The van der Waals surface area contributed by atoms with Crippen molar-refractivity contribution in [2.24, 2.45) is 0 Å². The maximum Gasteiger partial charge on any atom is 0.254 e. The van der Waals surface area contributed by atoms with E-state index in [4.69, 9.17) is 9.47 Å². The number of nitrogens with zero attached hydrogens (tertiary/aromatic N) is 1. The van der Waals surface area contributed by atoms with Crippen molar-refractivity contribution in [3.8, 4) is 11.5 Å².